The van der Waals surface area contributed by atoms with Crippen molar-refractivity contribution in [1.82, 2.24) is 10.2 Å². The highest BCUT2D eigenvalue weighted by Gasteiger charge is 2.33. The Labute approximate surface area is 103 Å². The van der Waals surface area contributed by atoms with Crippen LogP contribution in [0.5, 0.6) is 0 Å². The second kappa shape index (κ2) is 4.92. The van der Waals surface area contributed by atoms with Gasteiger partial charge in [0.15, 0.2) is 0 Å². The second-order valence-corrected chi connectivity index (χ2v) is 5.57. The number of hydrogen-bond acceptors (Lipinski definition) is 4. The second-order valence-electron chi connectivity index (χ2n) is 5.57. The molecule has 0 saturated carbocycles. The number of ether oxygens (including phenoxy) is 1. The van der Waals surface area contributed by atoms with E-state index in [1.165, 1.54) is 0 Å². The zero-order chi connectivity index (χ0) is 12.5. The zero-order valence-electron chi connectivity index (χ0n) is 10.7. The van der Waals surface area contributed by atoms with Gasteiger partial charge >= 0.3 is 0 Å². The highest BCUT2D eigenvalue weighted by Crippen LogP contribution is 2.20. The van der Waals surface area contributed by atoms with Crippen molar-refractivity contribution < 1.29 is 9.53 Å². The summed E-state index contributed by atoms with van der Waals surface area (Å²) in [7, 11) is 0. The quantitative estimate of drug-likeness (QED) is 0.661. The molecule has 98 valence electrons. The molecule has 0 aromatic carbocycles. The molecule has 0 aromatic rings. The Morgan fingerprint density at radius 2 is 2.06 bits per heavy atom. The van der Waals surface area contributed by atoms with E-state index in [1.54, 1.807) is 0 Å². The van der Waals surface area contributed by atoms with Crippen LogP contribution in [0.1, 0.15) is 26.7 Å². The molecule has 2 aliphatic heterocycles. The topological polar surface area (TPSA) is 67.6 Å². The third kappa shape index (κ3) is 3.18. The van der Waals surface area contributed by atoms with Crippen molar-refractivity contribution in [3.63, 3.8) is 0 Å². The van der Waals surface area contributed by atoms with Crippen molar-refractivity contribution in [3.05, 3.63) is 0 Å². The molecule has 0 aromatic heterocycles. The molecule has 0 unspecified atom stereocenters. The van der Waals surface area contributed by atoms with Gasteiger partial charge in [-0.25, -0.2) is 0 Å². The lowest BCUT2D eigenvalue weighted by Gasteiger charge is -2.39. The molecule has 1 amide bonds. The van der Waals surface area contributed by atoms with Crippen LogP contribution >= 0.6 is 0 Å². The number of morpholine rings is 1. The Balaban J connectivity index is 1.88. The number of nitrogens with one attached hydrogen (secondary N) is 1. The Morgan fingerprint density at radius 1 is 1.41 bits per heavy atom. The first-order valence-electron chi connectivity index (χ1n) is 6.42. The van der Waals surface area contributed by atoms with Crippen LogP contribution in [0.15, 0.2) is 0 Å². The van der Waals surface area contributed by atoms with Gasteiger partial charge in [0.25, 0.3) is 5.91 Å². The molecule has 2 atom stereocenters. The maximum Gasteiger partial charge on any atom is 0.253 e. The minimum atomic E-state index is -0.319. The fraction of sp³-hybridized carbons (Fsp3) is 0.917. The summed E-state index contributed by atoms with van der Waals surface area (Å²) in [6, 6.07) is 0. The molecule has 0 radical (unpaired) electrons. The Morgan fingerprint density at radius 3 is 2.65 bits per heavy atom. The summed E-state index contributed by atoms with van der Waals surface area (Å²) in [5.41, 5.74) is 5.94. The predicted molar refractivity (Wildman–Crippen MR) is 65.6 cm³/mol. The molecule has 3 N–H and O–H groups in total. The molecule has 0 aliphatic carbocycles. The van der Waals surface area contributed by atoms with Gasteiger partial charge in [-0.2, -0.15) is 0 Å². The third-order valence-electron chi connectivity index (χ3n) is 3.65. The first kappa shape index (κ1) is 12.8. The summed E-state index contributed by atoms with van der Waals surface area (Å²) < 4.78 is 5.67. The highest BCUT2D eigenvalue weighted by atomic mass is 16.5. The molecule has 5 heteroatoms. The Bertz CT molecular complexity index is 283. The van der Waals surface area contributed by atoms with E-state index >= 15 is 0 Å². The van der Waals surface area contributed by atoms with Gasteiger partial charge in [0.05, 0.1) is 6.10 Å². The fourth-order valence-electron chi connectivity index (χ4n) is 2.38. The molecule has 5 nitrogen and oxygen atoms in total. The van der Waals surface area contributed by atoms with Crippen molar-refractivity contribution in [1.29, 1.82) is 0 Å². The summed E-state index contributed by atoms with van der Waals surface area (Å²) >= 11 is 0. The first-order chi connectivity index (χ1) is 7.98. The van der Waals surface area contributed by atoms with E-state index in [1.807, 2.05) is 11.8 Å². The number of hydrogen-bond donors (Lipinski definition) is 2. The Kier molecular flexibility index (Phi) is 3.70. The Hall–Kier alpha value is -0.650. The van der Waals surface area contributed by atoms with Crippen LogP contribution in [0.2, 0.25) is 0 Å². The van der Waals surface area contributed by atoms with E-state index in [0.717, 1.165) is 32.5 Å². The van der Waals surface area contributed by atoms with E-state index in [4.69, 9.17) is 10.5 Å². The maximum atomic E-state index is 12.2. The minimum absolute atomic E-state index is 0.111. The average Bonchev–Trinajstić information content (AvgIpc) is 2.28. The minimum Gasteiger partial charge on any atom is -0.363 e. The summed E-state index contributed by atoms with van der Waals surface area (Å²) in [5, 5.41) is 3.22. The lowest BCUT2D eigenvalue weighted by atomic mass is 9.91. The number of carbonyl (C=O) groups is 1. The molecule has 17 heavy (non-hydrogen) atoms. The van der Waals surface area contributed by atoms with Gasteiger partial charge < -0.3 is 20.7 Å². The highest BCUT2D eigenvalue weighted by molar-refractivity contribution is 5.81. The number of nitrogens with zero attached hydrogens (tertiary/aromatic N) is 1. The van der Waals surface area contributed by atoms with E-state index in [-0.39, 0.29) is 23.7 Å². The fourth-order valence-corrected chi connectivity index (χ4v) is 2.38. The zero-order valence-corrected chi connectivity index (χ0v) is 10.7. The van der Waals surface area contributed by atoms with Gasteiger partial charge in [0.2, 0.25) is 0 Å². The third-order valence-corrected chi connectivity index (χ3v) is 3.65. The van der Waals surface area contributed by atoms with Gasteiger partial charge in [0, 0.05) is 31.7 Å². The van der Waals surface area contributed by atoms with Gasteiger partial charge in [0.1, 0.15) is 6.10 Å². The van der Waals surface area contributed by atoms with Crippen LogP contribution in [-0.4, -0.2) is 54.7 Å². The molecule has 0 bridgehead atoms. The van der Waals surface area contributed by atoms with Crippen molar-refractivity contribution >= 4 is 5.91 Å². The summed E-state index contributed by atoms with van der Waals surface area (Å²) in [4.78, 5) is 14.1. The molecule has 2 fully saturated rings. The lowest BCUT2D eigenvalue weighted by molar-refractivity contribution is -0.151. The summed E-state index contributed by atoms with van der Waals surface area (Å²) in [6.45, 7) is 6.99. The number of piperidine rings is 1. The number of nitrogens with two attached hydrogens (primary N) is 1. The van der Waals surface area contributed by atoms with Crippen LogP contribution < -0.4 is 11.1 Å². The number of carbonyl (C=O) groups excluding carboxylic acids is 1. The van der Waals surface area contributed by atoms with Crippen molar-refractivity contribution in [3.8, 4) is 0 Å². The first-order valence-corrected chi connectivity index (χ1v) is 6.42. The molecular formula is C12H23N3O2. The van der Waals surface area contributed by atoms with E-state index in [2.05, 4.69) is 12.2 Å². The van der Waals surface area contributed by atoms with Crippen LogP contribution in [0, 0.1) is 0 Å². The lowest BCUT2D eigenvalue weighted by Crippen LogP contribution is -2.56. The smallest absolute Gasteiger partial charge is 0.253 e. The van der Waals surface area contributed by atoms with Gasteiger partial charge in [-0.15, -0.1) is 0 Å². The van der Waals surface area contributed by atoms with Crippen LogP contribution in [0.25, 0.3) is 0 Å². The SMILES string of the molecule is C[C@@H]1CNC[C@H](C(=O)N2CCC(C)(N)CC2)O1. The number of amides is 1. The van der Waals surface area contributed by atoms with Crippen LogP contribution in [-0.2, 0) is 9.53 Å². The van der Waals surface area contributed by atoms with E-state index in [0.29, 0.717) is 6.54 Å². The maximum absolute atomic E-state index is 12.2. The largest absolute Gasteiger partial charge is 0.363 e. The van der Waals surface area contributed by atoms with Crippen molar-refractivity contribution in [2.45, 2.75) is 44.4 Å². The van der Waals surface area contributed by atoms with Gasteiger partial charge in [-0.05, 0) is 26.7 Å². The molecule has 2 saturated heterocycles. The monoisotopic (exact) mass is 241 g/mol. The molecule has 2 rings (SSSR count). The van der Waals surface area contributed by atoms with Gasteiger partial charge in [-0.3, -0.25) is 4.79 Å². The molecule has 2 heterocycles. The summed E-state index contributed by atoms with van der Waals surface area (Å²) in [5.74, 6) is 0.111. The normalized spacial score (nSPS) is 33.5. The number of likely N-dealkylation sites (tertiary alicyclic amines) is 1. The molecule has 2 aliphatic rings. The van der Waals surface area contributed by atoms with Crippen LogP contribution in [0.4, 0.5) is 0 Å². The number of rotatable bonds is 1. The summed E-state index contributed by atoms with van der Waals surface area (Å²) in [6.07, 6.45) is 1.53. The average molecular weight is 241 g/mol. The van der Waals surface area contributed by atoms with Crippen LogP contribution in [0.3, 0.4) is 0 Å². The van der Waals surface area contributed by atoms with Crippen molar-refractivity contribution in [2.75, 3.05) is 26.2 Å². The molecular weight excluding hydrogens is 218 g/mol. The standard InChI is InChI=1S/C12H23N3O2/c1-9-7-14-8-10(17-9)11(16)15-5-3-12(2,13)4-6-15/h9-10,14H,3-8,13H2,1-2H3/t9-,10-/m1/s1. The van der Waals surface area contributed by atoms with Crippen molar-refractivity contribution in [2.24, 2.45) is 5.73 Å². The van der Waals surface area contributed by atoms with E-state index < -0.39 is 0 Å². The predicted octanol–water partition coefficient (Wildman–Crippen LogP) is -0.297. The van der Waals surface area contributed by atoms with Gasteiger partial charge in [-0.1, -0.05) is 0 Å². The van der Waals surface area contributed by atoms with E-state index in [9.17, 15) is 4.79 Å². The molecule has 0 spiro atoms.